The molecule has 0 heterocycles. The second-order valence-electron chi connectivity index (χ2n) is 16.7. The number of carbonyl (C=O) groups excluding carboxylic acids is 3. The molecule has 0 rings (SSSR count). The van der Waals surface area contributed by atoms with Crippen LogP contribution in [0.2, 0.25) is 0 Å². The molecular weight excluding hydrogens is 781 g/mol. The summed E-state index contributed by atoms with van der Waals surface area (Å²) in [5, 5.41) is 0. The normalized spacial score (nSPS) is 12.9. The minimum absolute atomic E-state index is 0.122. The largest absolute Gasteiger partial charge is 0.462 e. The van der Waals surface area contributed by atoms with Gasteiger partial charge < -0.3 is 14.2 Å². The van der Waals surface area contributed by atoms with Crippen molar-refractivity contribution in [2.24, 2.45) is 0 Å². The summed E-state index contributed by atoms with van der Waals surface area (Å²) in [5.41, 5.74) is 0. The number of hydrogen-bond acceptors (Lipinski definition) is 6. The average Bonchev–Trinajstić information content (AvgIpc) is 3.28. The molecule has 0 aliphatic rings. The second-order valence-corrected chi connectivity index (χ2v) is 16.7. The molecule has 0 fully saturated rings. The summed E-state index contributed by atoms with van der Waals surface area (Å²) in [4.78, 5) is 37.9. The van der Waals surface area contributed by atoms with Crippen LogP contribution in [0.3, 0.4) is 0 Å². The van der Waals surface area contributed by atoms with Gasteiger partial charge in [-0.2, -0.15) is 0 Å². The SMILES string of the molecule is CC/C=C\C/C=C\C/C=C\C/C=C\C/C=C\C/C=C\CCC(=O)OCC(COC(=O)CCCCCCCCCCCCCCC)OC(=O)CC/C=C\C/C=C\CCCCCCCC. The summed E-state index contributed by atoms with van der Waals surface area (Å²) < 4.78 is 16.6. The van der Waals surface area contributed by atoms with Gasteiger partial charge in [-0.25, -0.2) is 0 Å². The van der Waals surface area contributed by atoms with E-state index >= 15 is 0 Å². The highest BCUT2D eigenvalue weighted by atomic mass is 16.6. The third kappa shape index (κ3) is 49.2. The second kappa shape index (κ2) is 51.0. The Kier molecular flexibility index (Phi) is 48.0. The van der Waals surface area contributed by atoms with Crippen molar-refractivity contribution in [2.45, 2.75) is 232 Å². The minimum atomic E-state index is -0.836. The molecule has 0 amide bonds. The zero-order chi connectivity index (χ0) is 45.8. The first kappa shape index (κ1) is 59.3. The molecule has 0 radical (unpaired) electrons. The highest BCUT2D eigenvalue weighted by molar-refractivity contribution is 5.71. The van der Waals surface area contributed by atoms with Gasteiger partial charge in [0.2, 0.25) is 0 Å². The number of ether oxygens (including phenoxy) is 3. The van der Waals surface area contributed by atoms with Gasteiger partial charge in [0.15, 0.2) is 6.10 Å². The van der Waals surface area contributed by atoms with E-state index < -0.39 is 12.1 Å². The molecule has 0 aromatic rings. The fraction of sp³-hybridized carbons (Fsp3) is 0.667. The molecular formula is C57H94O6. The quantitative estimate of drug-likeness (QED) is 0.0262. The zero-order valence-corrected chi connectivity index (χ0v) is 40.8. The number of carbonyl (C=O) groups is 3. The van der Waals surface area contributed by atoms with E-state index in [1.165, 1.54) is 103 Å². The van der Waals surface area contributed by atoms with Gasteiger partial charge in [-0.15, -0.1) is 0 Å². The third-order valence-corrected chi connectivity index (χ3v) is 10.6. The lowest BCUT2D eigenvalue weighted by atomic mass is 10.0. The fourth-order valence-electron chi connectivity index (χ4n) is 6.76. The van der Waals surface area contributed by atoms with Crippen LogP contribution in [0.4, 0.5) is 0 Å². The van der Waals surface area contributed by atoms with Gasteiger partial charge in [0.05, 0.1) is 0 Å². The van der Waals surface area contributed by atoms with Gasteiger partial charge in [0.25, 0.3) is 0 Å². The molecule has 0 bridgehead atoms. The Morgan fingerprint density at radius 2 is 0.651 bits per heavy atom. The number of allylic oxidation sites excluding steroid dienone is 16. The highest BCUT2D eigenvalue weighted by Gasteiger charge is 2.19. The van der Waals surface area contributed by atoms with E-state index in [1.54, 1.807) is 0 Å². The van der Waals surface area contributed by atoms with Crippen molar-refractivity contribution in [3.63, 3.8) is 0 Å². The minimum Gasteiger partial charge on any atom is -0.462 e. The van der Waals surface area contributed by atoms with Crippen molar-refractivity contribution < 1.29 is 28.6 Å². The Hall–Kier alpha value is -3.67. The Morgan fingerprint density at radius 3 is 1.06 bits per heavy atom. The van der Waals surface area contributed by atoms with Crippen LogP contribution in [-0.2, 0) is 28.6 Å². The maximum Gasteiger partial charge on any atom is 0.306 e. The standard InChI is InChI=1S/C57H94O6/c1-4-7-10-13-16-19-22-25-26-27-28-29-30-33-35-38-41-44-47-50-56(59)62-53-54(63-57(60)51-48-45-42-39-36-32-24-21-18-15-12-9-6-3)52-61-55(58)49-46-43-40-37-34-31-23-20-17-14-11-8-5-2/h7,10,16,19,25-26,28-29,32-33,35-36,41-42,44-45,54H,4-6,8-9,11-15,17-18,20-24,27,30-31,34,37-40,43,46-53H2,1-3H3/b10-7-,19-16-,26-25-,29-28-,35-33-,36-32-,44-41-,45-42-. The first-order valence-electron chi connectivity index (χ1n) is 25.7. The van der Waals surface area contributed by atoms with E-state index in [0.29, 0.717) is 19.3 Å². The van der Waals surface area contributed by atoms with Crippen LogP contribution >= 0.6 is 0 Å². The van der Waals surface area contributed by atoms with E-state index in [2.05, 4.69) is 99.8 Å². The smallest absolute Gasteiger partial charge is 0.306 e. The Bertz CT molecular complexity index is 1280. The molecule has 1 atom stereocenters. The molecule has 0 saturated heterocycles. The Balaban J connectivity index is 4.55. The highest BCUT2D eigenvalue weighted by Crippen LogP contribution is 2.14. The average molecular weight is 875 g/mol. The van der Waals surface area contributed by atoms with Crippen LogP contribution in [0, 0.1) is 0 Å². The van der Waals surface area contributed by atoms with E-state index in [-0.39, 0.29) is 38.0 Å². The molecule has 1 unspecified atom stereocenters. The van der Waals surface area contributed by atoms with Crippen LogP contribution in [0.15, 0.2) is 97.2 Å². The van der Waals surface area contributed by atoms with Crippen LogP contribution < -0.4 is 0 Å². The van der Waals surface area contributed by atoms with Crippen molar-refractivity contribution in [3.8, 4) is 0 Å². The van der Waals surface area contributed by atoms with Gasteiger partial charge >= 0.3 is 17.9 Å². The van der Waals surface area contributed by atoms with Gasteiger partial charge in [-0.1, -0.05) is 227 Å². The Morgan fingerprint density at radius 1 is 0.333 bits per heavy atom. The molecule has 0 aliphatic heterocycles. The number of esters is 3. The lowest BCUT2D eigenvalue weighted by Crippen LogP contribution is -2.30. The van der Waals surface area contributed by atoms with Gasteiger partial charge in [0.1, 0.15) is 13.2 Å². The molecule has 358 valence electrons. The number of rotatable bonds is 45. The van der Waals surface area contributed by atoms with Gasteiger partial charge in [-0.05, 0) is 77.0 Å². The molecule has 6 heteroatoms. The van der Waals surface area contributed by atoms with Gasteiger partial charge in [-0.3, -0.25) is 14.4 Å². The summed E-state index contributed by atoms with van der Waals surface area (Å²) in [6.07, 6.45) is 67.0. The summed E-state index contributed by atoms with van der Waals surface area (Å²) in [6, 6.07) is 0. The molecule has 0 spiro atoms. The zero-order valence-electron chi connectivity index (χ0n) is 40.8. The first-order chi connectivity index (χ1) is 31.0. The monoisotopic (exact) mass is 875 g/mol. The van der Waals surface area contributed by atoms with Crippen molar-refractivity contribution in [1.29, 1.82) is 0 Å². The van der Waals surface area contributed by atoms with Crippen LogP contribution in [-0.4, -0.2) is 37.2 Å². The third-order valence-electron chi connectivity index (χ3n) is 10.6. The number of unbranched alkanes of at least 4 members (excludes halogenated alkanes) is 18. The molecule has 0 N–H and O–H groups in total. The van der Waals surface area contributed by atoms with Crippen LogP contribution in [0.5, 0.6) is 0 Å². The maximum absolute atomic E-state index is 12.7. The van der Waals surface area contributed by atoms with Crippen molar-refractivity contribution in [2.75, 3.05) is 13.2 Å². The lowest BCUT2D eigenvalue weighted by Gasteiger charge is -2.18. The molecule has 0 saturated carbocycles. The predicted octanol–water partition coefficient (Wildman–Crippen LogP) is 17.0. The molecule has 0 aromatic carbocycles. The summed E-state index contributed by atoms with van der Waals surface area (Å²) in [7, 11) is 0. The van der Waals surface area contributed by atoms with Crippen LogP contribution in [0.1, 0.15) is 226 Å². The predicted molar refractivity (Wildman–Crippen MR) is 270 cm³/mol. The molecule has 0 aromatic heterocycles. The van der Waals surface area contributed by atoms with Crippen molar-refractivity contribution in [1.82, 2.24) is 0 Å². The van der Waals surface area contributed by atoms with E-state index in [0.717, 1.165) is 70.6 Å². The van der Waals surface area contributed by atoms with Crippen molar-refractivity contribution >= 4 is 17.9 Å². The summed E-state index contributed by atoms with van der Waals surface area (Å²) >= 11 is 0. The summed E-state index contributed by atoms with van der Waals surface area (Å²) in [6.45, 7) is 6.39. The maximum atomic E-state index is 12.7. The van der Waals surface area contributed by atoms with Crippen LogP contribution in [0.25, 0.3) is 0 Å². The van der Waals surface area contributed by atoms with E-state index in [9.17, 15) is 14.4 Å². The number of hydrogen-bond donors (Lipinski definition) is 0. The van der Waals surface area contributed by atoms with E-state index in [4.69, 9.17) is 14.2 Å². The molecule has 63 heavy (non-hydrogen) atoms. The molecule has 6 nitrogen and oxygen atoms in total. The van der Waals surface area contributed by atoms with Crippen molar-refractivity contribution in [3.05, 3.63) is 97.2 Å². The topological polar surface area (TPSA) is 78.9 Å². The van der Waals surface area contributed by atoms with E-state index in [1.807, 2.05) is 18.2 Å². The van der Waals surface area contributed by atoms with Gasteiger partial charge in [0, 0.05) is 19.3 Å². The molecule has 0 aliphatic carbocycles. The summed E-state index contributed by atoms with van der Waals surface area (Å²) in [5.74, 6) is -1.08. The Labute approximate surface area is 387 Å². The fourth-order valence-corrected chi connectivity index (χ4v) is 6.76. The first-order valence-corrected chi connectivity index (χ1v) is 25.7. The lowest BCUT2D eigenvalue weighted by molar-refractivity contribution is -0.166.